The molecule has 0 spiro atoms. The van der Waals surface area contributed by atoms with Gasteiger partial charge in [0.1, 0.15) is 0 Å². The fourth-order valence-corrected chi connectivity index (χ4v) is 1.26. The first-order valence-corrected chi connectivity index (χ1v) is 5.10. The average molecular weight is 233 g/mol. The van der Waals surface area contributed by atoms with Crippen LogP contribution in [0.2, 0.25) is 5.02 Å². The van der Waals surface area contributed by atoms with Crippen molar-refractivity contribution in [3.8, 4) is 0 Å². The van der Waals surface area contributed by atoms with Crippen LogP contribution in [0, 0.1) is 0 Å². The highest BCUT2D eigenvalue weighted by atomic mass is 35.5. The molecule has 0 radical (unpaired) electrons. The molecule has 1 aromatic rings. The number of aromatic nitrogens is 1. The van der Waals surface area contributed by atoms with E-state index in [1.54, 1.807) is 6.07 Å². The fourth-order valence-electron chi connectivity index (χ4n) is 0.923. The minimum absolute atomic E-state index is 0.192. The molecule has 0 aliphatic heterocycles. The number of pyridine rings is 1. The number of hydrogen-bond donors (Lipinski definition) is 1. The number of amides is 1. The molecule has 1 amide bonds. The molecule has 1 heterocycles. The molecular weight excluding hydrogens is 223 g/mol. The van der Waals surface area contributed by atoms with Gasteiger partial charge in [-0.2, -0.15) is 0 Å². The van der Waals surface area contributed by atoms with Crippen molar-refractivity contribution in [2.45, 2.75) is 6.42 Å². The molecular formula is C9H10Cl2N2O. The van der Waals surface area contributed by atoms with Crippen LogP contribution in [-0.2, 0) is 0 Å². The van der Waals surface area contributed by atoms with Crippen LogP contribution < -0.4 is 5.32 Å². The maximum Gasteiger partial charge on any atom is 0.252 e. The van der Waals surface area contributed by atoms with Crippen LogP contribution in [0.3, 0.4) is 0 Å². The lowest BCUT2D eigenvalue weighted by atomic mass is 10.2. The molecule has 76 valence electrons. The Bertz CT molecular complexity index is 317. The monoisotopic (exact) mass is 232 g/mol. The molecule has 5 heteroatoms. The van der Waals surface area contributed by atoms with Gasteiger partial charge < -0.3 is 5.32 Å². The van der Waals surface area contributed by atoms with Gasteiger partial charge >= 0.3 is 0 Å². The summed E-state index contributed by atoms with van der Waals surface area (Å²) in [5.74, 6) is 0.340. The number of hydrogen-bond acceptors (Lipinski definition) is 2. The van der Waals surface area contributed by atoms with Crippen LogP contribution in [0.15, 0.2) is 18.5 Å². The van der Waals surface area contributed by atoms with Crippen molar-refractivity contribution >= 4 is 29.1 Å². The van der Waals surface area contributed by atoms with Crippen molar-refractivity contribution in [2.75, 3.05) is 12.4 Å². The van der Waals surface area contributed by atoms with Gasteiger partial charge in [0.05, 0.1) is 10.6 Å². The second-order valence-electron chi connectivity index (χ2n) is 2.65. The van der Waals surface area contributed by atoms with Crippen LogP contribution in [0.4, 0.5) is 0 Å². The molecule has 0 saturated carbocycles. The lowest BCUT2D eigenvalue weighted by Crippen LogP contribution is -2.24. The zero-order valence-corrected chi connectivity index (χ0v) is 8.98. The minimum atomic E-state index is -0.192. The average Bonchev–Trinajstić information content (AvgIpc) is 2.18. The molecule has 0 saturated heterocycles. The normalized spacial score (nSPS) is 9.86. The molecule has 0 aliphatic rings. The van der Waals surface area contributed by atoms with Gasteiger partial charge in [0, 0.05) is 24.8 Å². The molecule has 0 atom stereocenters. The zero-order chi connectivity index (χ0) is 10.4. The van der Waals surface area contributed by atoms with Crippen LogP contribution in [-0.4, -0.2) is 23.3 Å². The van der Waals surface area contributed by atoms with Gasteiger partial charge in [-0.1, -0.05) is 11.6 Å². The summed E-state index contributed by atoms with van der Waals surface area (Å²) < 4.78 is 0. The summed E-state index contributed by atoms with van der Waals surface area (Å²) in [7, 11) is 0. The van der Waals surface area contributed by atoms with Crippen LogP contribution in [0.5, 0.6) is 0 Å². The Balaban J connectivity index is 2.56. The van der Waals surface area contributed by atoms with Crippen molar-refractivity contribution in [1.29, 1.82) is 0 Å². The lowest BCUT2D eigenvalue weighted by molar-refractivity contribution is 0.0954. The molecule has 14 heavy (non-hydrogen) atoms. The van der Waals surface area contributed by atoms with E-state index in [9.17, 15) is 4.79 Å². The second kappa shape index (κ2) is 5.83. The van der Waals surface area contributed by atoms with Gasteiger partial charge in [-0.15, -0.1) is 11.6 Å². The van der Waals surface area contributed by atoms with Gasteiger partial charge in [0.2, 0.25) is 0 Å². The number of alkyl halides is 1. The Morgan fingerprint density at radius 1 is 1.57 bits per heavy atom. The minimum Gasteiger partial charge on any atom is -0.352 e. The second-order valence-corrected chi connectivity index (χ2v) is 3.44. The Morgan fingerprint density at radius 2 is 2.36 bits per heavy atom. The lowest BCUT2D eigenvalue weighted by Gasteiger charge is -2.04. The van der Waals surface area contributed by atoms with E-state index in [2.05, 4.69) is 10.3 Å². The van der Waals surface area contributed by atoms with Crippen molar-refractivity contribution in [3.63, 3.8) is 0 Å². The Kier molecular flexibility index (Phi) is 4.70. The van der Waals surface area contributed by atoms with E-state index >= 15 is 0 Å². The largest absolute Gasteiger partial charge is 0.352 e. The smallest absolute Gasteiger partial charge is 0.252 e. The molecule has 0 bridgehead atoms. The molecule has 1 aromatic heterocycles. The number of nitrogens with zero attached hydrogens (tertiary/aromatic N) is 1. The molecule has 0 aromatic carbocycles. The molecule has 1 N–H and O–H groups in total. The topological polar surface area (TPSA) is 42.0 Å². The number of carbonyl (C=O) groups excluding carboxylic acids is 1. The van der Waals surface area contributed by atoms with E-state index in [1.807, 2.05) is 0 Å². The quantitative estimate of drug-likeness (QED) is 0.639. The van der Waals surface area contributed by atoms with E-state index in [0.29, 0.717) is 23.0 Å². The fraction of sp³-hybridized carbons (Fsp3) is 0.333. The molecule has 3 nitrogen and oxygen atoms in total. The first-order chi connectivity index (χ1) is 6.75. The van der Waals surface area contributed by atoms with E-state index in [4.69, 9.17) is 23.2 Å². The van der Waals surface area contributed by atoms with Gasteiger partial charge in [-0.3, -0.25) is 9.78 Å². The van der Waals surface area contributed by atoms with Gasteiger partial charge in [0.25, 0.3) is 5.91 Å². The third kappa shape index (κ3) is 3.16. The maximum atomic E-state index is 11.5. The SMILES string of the molecule is O=C(NCCCCl)c1ccncc1Cl. The number of rotatable bonds is 4. The zero-order valence-electron chi connectivity index (χ0n) is 7.46. The highest BCUT2D eigenvalue weighted by Crippen LogP contribution is 2.12. The molecule has 0 unspecified atom stereocenters. The third-order valence-corrected chi connectivity index (χ3v) is 2.18. The summed E-state index contributed by atoms with van der Waals surface area (Å²) in [6.07, 6.45) is 3.72. The van der Waals surface area contributed by atoms with Crippen molar-refractivity contribution in [2.24, 2.45) is 0 Å². The summed E-state index contributed by atoms with van der Waals surface area (Å²) in [5, 5.41) is 3.06. The van der Waals surface area contributed by atoms with Gasteiger partial charge in [0.15, 0.2) is 0 Å². The Labute approximate surface area is 92.4 Å². The predicted molar refractivity (Wildman–Crippen MR) is 56.9 cm³/mol. The number of nitrogens with one attached hydrogen (secondary N) is 1. The highest BCUT2D eigenvalue weighted by Gasteiger charge is 2.08. The summed E-state index contributed by atoms with van der Waals surface area (Å²) in [5.41, 5.74) is 0.441. The standard InChI is InChI=1S/C9H10Cl2N2O/c10-3-1-4-13-9(14)7-2-5-12-6-8(7)11/h2,5-6H,1,3-4H2,(H,13,14). The highest BCUT2D eigenvalue weighted by molar-refractivity contribution is 6.33. The summed E-state index contributed by atoms with van der Waals surface area (Å²) in [6, 6.07) is 1.58. The van der Waals surface area contributed by atoms with Gasteiger partial charge in [-0.25, -0.2) is 0 Å². The predicted octanol–water partition coefficient (Wildman–Crippen LogP) is 2.09. The first kappa shape index (κ1) is 11.3. The van der Waals surface area contributed by atoms with Crippen LogP contribution in [0.25, 0.3) is 0 Å². The maximum absolute atomic E-state index is 11.5. The van der Waals surface area contributed by atoms with E-state index < -0.39 is 0 Å². The third-order valence-electron chi connectivity index (χ3n) is 1.61. The van der Waals surface area contributed by atoms with E-state index in [0.717, 1.165) is 6.42 Å². The van der Waals surface area contributed by atoms with Crippen molar-refractivity contribution in [3.05, 3.63) is 29.0 Å². The number of halogens is 2. The molecule has 1 rings (SSSR count). The molecule has 0 aliphatic carbocycles. The van der Waals surface area contributed by atoms with Crippen LogP contribution in [0.1, 0.15) is 16.8 Å². The Morgan fingerprint density at radius 3 is 3.00 bits per heavy atom. The number of carbonyl (C=O) groups is 1. The van der Waals surface area contributed by atoms with Gasteiger partial charge in [-0.05, 0) is 12.5 Å². The molecule has 0 fully saturated rings. The van der Waals surface area contributed by atoms with Crippen LogP contribution >= 0.6 is 23.2 Å². The Hall–Kier alpha value is -0.800. The summed E-state index contributed by atoms with van der Waals surface area (Å²) in [6.45, 7) is 0.557. The van der Waals surface area contributed by atoms with Crippen molar-refractivity contribution in [1.82, 2.24) is 10.3 Å². The van der Waals surface area contributed by atoms with Crippen molar-refractivity contribution < 1.29 is 4.79 Å². The first-order valence-electron chi connectivity index (χ1n) is 4.19. The summed E-state index contributed by atoms with van der Waals surface area (Å²) in [4.78, 5) is 15.3. The van der Waals surface area contributed by atoms with E-state index in [1.165, 1.54) is 12.4 Å². The van der Waals surface area contributed by atoms with E-state index in [-0.39, 0.29) is 5.91 Å². The summed E-state index contributed by atoms with van der Waals surface area (Å²) >= 11 is 11.3.